The first kappa shape index (κ1) is 30.5. The molecule has 33 heavy (non-hydrogen) atoms. The highest BCUT2D eigenvalue weighted by atomic mass is 16.5. The molecule has 1 saturated carbocycles. The summed E-state index contributed by atoms with van der Waals surface area (Å²) in [6, 6.07) is 0. The summed E-state index contributed by atoms with van der Waals surface area (Å²) in [4.78, 5) is 13.3. The second-order valence-corrected chi connectivity index (χ2v) is 14.8. The van der Waals surface area contributed by atoms with Crippen LogP contribution in [0.5, 0.6) is 0 Å². The monoisotopic (exact) mass is 464 g/mol. The van der Waals surface area contributed by atoms with Crippen molar-refractivity contribution in [3.05, 3.63) is 0 Å². The molecule has 5 unspecified atom stereocenters. The molecule has 0 amide bonds. The molecule has 1 aliphatic rings. The van der Waals surface area contributed by atoms with Crippen LogP contribution in [0.3, 0.4) is 0 Å². The minimum atomic E-state index is -0.467. The van der Waals surface area contributed by atoms with Crippen LogP contribution >= 0.6 is 0 Å². The summed E-state index contributed by atoms with van der Waals surface area (Å²) in [7, 11) is 0. The predicted molar refractivity (Wildman–Crippen MR) is 144 cm³/mol. The zero-order chi connectivity index (χ0) is 25.7. The van der Waals surface area contributed by atoms with Crippen LogP contribution in [-0.4, -0.2) is 12.6 Å². The van der Waals surface area contributed by atoms with Crippen LogP contribution in [0.2, 0.25) is 0 Å². The smallest absolute Gasteiger partial charge is 0.312 e. The van der Waals surface area contributed by atoms with Crippen LogP contribution in [0.4, 0.5) is 0 Å². The van der Waals surface area contributed by atoms with Crippen molar-refractivity contribution in [3.8, 4) is 0 Å². The summed E-state index contributed by atoms with van der Waals surface area (Å²) >= 11 is 0. The van der Waals surface area contributed by atoms with Crippen LogP contribution in [0.1, 0.15) is 141 Å². The fraction of sp³-hybridized carbons (Fsp3) is 0.968. The predicted octanol–water partition coefficient (Wildman–Crippen LogP) is 9.70. The first-order valence-corrected chi connectivity index (χ1v) is 14.1. The van der Waals surface area contributed by atoms with Crippen molar-refractivity contribution in [1.82, 2.24) is 0 Å². The van der Waals surface area contributed by atoms with E-state index in [-0.39, 0.29) is 16.8 Å². The minimum absolute atomic E-state index is 0.00654. The maximum absolute atomic E-state index is 13.3. The van der Waals surface area contributed by atoms with Crippen molar-refractivity contribution >= 4 is 5.97 Å². The largest absolute Gasteiger partial charge is 0.465 e. The van der Waals surface area contributed by atoms with Crippen LogP contribution < -0.4 is 0 Å². The van der Waals surface area contributed by atoms with Crippen molar-refractivity contribution in [3.63, 3.8) is 0 Å². The van der Waals surface area contributed by atoms with Crippen molar-refractivity contribution in [1.29, 1.82) is 0 Å². The minimum Gasteiger partial charge on any atom is -0.465 e. The molecular weight excluding hydrogens is 404 g/mol. The molecule has 0 aromatic carbocycles. The zero-order valence-electron chi connectivity index (χ0n) is 24.7. The molecule has 0 heterocycles. The Hall–Kier alpha value is -0.530. The molecule has 0 aromatic heterocycles. The normalized spacial score (nSPS) is 23.8. The summed E-state index contributed by atoms with van der Waals surface area (Å²) < 4.78 is 5.99. The average Bonchev–Trinajstić information content (AvgIpc) is 3.13. The van der Waals surface area contributed by atoms with E-state index >= 15 is 0 Å². The van der Waals surface area contributed by atoms with Crippen molar-refractivity contribution in [2.75, 3.05) is 6.61 Å². The Morgan fingerprint density at radius 3 is 2.06 bits per heavy atom. The summed E-state index contributed by atoms with van der Waals surface area (Å²) in [5.41, 5.74) is -0.0410. The molecule has 0 saturated heterocycles. The van der Waals surface area contributed by atoms with E-state index in [2.05, 4.69) is 83.1 Å². The standard InChI is InChI=1S/C31H60O2/c1-13-24(21-30(10,11)14-2)20-25-16-15-17-26(25)23(3)18-19-33-27(32)31(12,29(7,8)9)22-28(4,5)6/h23-26H,13-22H2,1-12H3. The molecular formula is C31H60O2. The lowest BCUT2D eigenvalue weighted by atomic mass is 9.61. The summed E-state index contributed by atoms with van der Waals surface area (Å²) in [6.45, 7) is 27.9. The Labute approximate surface area is 208 Å². The Bertz CT molecular complexity index is 591. The van der Waals surface area contributed by atoms with Gasteiger partial charge in [-0.2, -0.15) is 0 Å². The van der Waals surface area contributed by atoms with E-state index < -0.39 is 5.41 Å². The van der Waals surface area contributed by atoms with Gasteiger partial charge in [-0.25, -0.2) is 0 Å². The van der Waals surface area contributed by atoms with E-state index in [9.17, 15) is 4.79 Å². The number of ether oxygens (including phenoxy) is 1. The van der Waals surface area contributed by atoms with Gasteiger partial charge in [-0.15, -0.1) is 0 Å². The summed E-state index contributed by atoms with van der Waals surface area (Å²) in [6.07, 6.45) is 11.3. The third kappa shape index (κ3) is 9.21. The number of hydrogen-bond donors (Lipinski definition) is 0. The highest BCUT2D eigenvalue weighted by Gasteiger charge is 2.47. The van der Waals surface area contributed by atoms with Crippen LogP contribution in [0.25, 0.3) is 0 Å². The fourth-order valence-electron chi connectivity index (χ4n) is 6.27. The van der Waals surface area contributed by atoms with Gasteiger partial charge in [0.2, 0.25) is 0 Å². The van der Waals surface area contributed by atoms with E-state index in [1.807, 2.05) is 0 Å². The topological polar surface area (TPSA) is 26.3 Å². The van der Waals surface area contributed by atoms with Gasteiger partial charge in [-0.05, 0) is 78.9 Å². The Morgan fingerprint density at radius 1 is 0.970 bits per heavy atom. The molecule has 0 radical (unpaired) electrons. The Kier molecular flexibility index (Phi) is 11.0. The number of rotatable bonds is 12. The Morgan fingerprint density at radius 2 is 1.58 bits per heavy atom. The quantitative estimate of drug-likeness (QED) is 0.269. The Balaban J connectivity index is 2.69. The average molecular weight is 465 g/mol. The van der Waals surface area contributed by atoms with Crippen LogP contribution in [-0.2, 0) is 9.53 Å². The number of esters is 1. The molecule has 0 aliphatic heterocycles. The van der Waals surface area contributed by atoms with Gasteiger partial charge in [0.15, 0.2) is 0 Å². The second kappa shape index (κ2) is 11.9. The van der Waals surface area contributed by atoms with Gasteiger partial charge in [-0.1, -0.05) is 102 Å². The van der Waals surface area contributed by atoms with E-state index in [1.165, 1.54) is 44.9 Å². The van der Waals surface area contributed by atoms with E-state index in [0.29, 0.717) is 17.9 Å². The highest BCUT2D eigenvalue weighted by Crippen LogP contribution is 2.48. The molecule has 1 aliphatic carbocycles. The number of carbonyl (C=O) groups excluding carboxylic acids is 1. The van der Waals surface area contributed by atoms with E-state index in [4.69, 9.17) is 4.74 Å². The lowest BCUT2D eigenvalue weighted by molar-refractivity contribution is -0.165. The zero-order valence-corrected chi connectivity index (χ0v) is 24.7. The van der Waals surface area contributed by atoms with Crippen LogP contribution in [0.15, 0.2) is 0 Å². The van der Waals surface area contributed by atoms with E-state index in [0.717, 1.165) is 30.6 Å². The lowest BCUT2D eigenvalue weighted by Crippen LogP contribution is -2.44. The molecule has 2 heteroatoms. The van der Waals surface area contributed by atoms with Crippen LogP contribution in [0, 0.1) is 45.3 Å². The molecule has 0 spiro atoms. The first-order chi connectivity index (χ1) is 15.0. The third-order valence-electron chi connectivity index (χ3n) is 9.26. The van der Waals surface area contributed by atoms with Crippen molar-refractivity contribution < 1.29 is 9.53 Å². The SMILES string of the molecule is CCC(CC1CCCC1C(C)CCOC(=O)C(C)(CC(C)(C)C)C(C)(C)C)CC(C)(C)CC. The maximum Gasteiger partial charge on any atom is 0.312 e. The molecule has 1 rings (SSSR count). The molecule has 0 N–H and O–H groups in total. The van der Waals surface area contributed by atoms with Crippen molar-refractivity contribution in [2.24, 2.45) is 45.3 Å². The number of hydrogen-bond acceptors (Lipinski definition) is 2. The molecule has 196 valence electrons. The van der Waals surface area contributed by atoms with Gasteiger partial charge in [0, 0.05) is 0 Å². The second-order valence-electron chi connectivity index (χ2n) is 14.8. The fourth-order valence-corrected chi connectivity index (χ4v) is 6.27. The first-order valence-electron chi connectivity index (χ1n) is 14.1. The number of carbonyl (C=O) groups is 1. The summed E-state index contributed by atoms with van der Waals surface area (Å²) in [5.74, 6) is 3.12. The van der Waals surface area contributed by atoms with Gasteiger partial charge < -0.3 is 4.74 Å². The molecule has 5 atom stereocenters. The van der Waals surface area contributed by atoms with Gasteiger partial charge in [0.1, 0.15) is 0 Å². The molecule has 2 nitrogen and oxygen atoms in total. The third-order valence-corrected chi connectivity index (χ3v) is 9.26. The summed E-state index contributed by atoms with van der Waals surface area (Å²) in [5, 5.41) is 0. The lowest BCUT2D eigenvalue weighted by Gasteiger charge is -2.43. The van der Waals surface area contributed by atoms with E-state index in [1.54, 1.807) is 0 Å². The van der Waals surface area contributed by atoms with Crippen molar-refractivity contribution in [2.45, 2.75) is 141 Å². The molecule has 0 bridgehead atoms. The van der Waals surface area contributed by atoms with Gasteiger partial charge in [0.25, 0.3) is 0 Å². The maximum atomic E-state index is 13.3. The van der Waals surface area contributed by atoms with Gasteiger partial charge >= 0.3 is 5.97 Å². The van der Waals surface area contributed by atoms with Gasteiger partial charge in [0.05, 0.1) is 12.0 Å². The highest BCUT2D eigenvalue weighted by molar-refractivity contribution is 5.77. The molecule has 1 fully saturated rings. The van der Waals surface area contributed by atoms with Gasteiger partial charge in [-0.3, -0.25) is 4.79 Å². The molecule has 0 aromatic rings.